The maximum atomic E-state index is 12.0. The Labute approximate surface area is 148 Å². The fourth-order valence-corrected chi connectivity index (χ4v) is 2.88. The van der Waals surface area contributed by atoms with E-state index >= 15 is 0 Å². The van der Waals surface area contributed by atoms with Crippen LogP contribution in [0.1, 0.15) is 56.6 Å². The number of piperidine rings is 1. The van der Waals surface area contributed by atoms with E-state index in [4.69, 9.17) is 4.74 Å². The van der Waals surface area contributed by atoms with Crippen molar-refractivity contribution in [2.75, 3.05) is 18.0 Å². The van der Waals surface area contributed by atoms with Gasteiger partial charge in [0.1, 0.15) is 5.60 Å². The third-order valence-electron chi connectivity index (χ3n) is 4.22. The Morgan fingerprint density at radius 1 is 1.32 bits per heavy atom. The number of carbonyl (C=O) groups excluding carboxylic acids is 1. The van der Waals surface area contributed by atoms with Crippen LogP contribution in [-0.4, -0.2) is 46.4 Å². The number of nitrogens with zero attached hydrogens (tertiary/aromatic N) is 2. The summed E-state index contributed by atoms with van der Waals surface area (Å²) in [5, 5.41) is 12.3. The number of carbonyl (C=O) groups is 2. The van der Waals surface area contributed by atoms with Crippen molar-refractivity contribution in [2.45, 2.75) is 58.6 Å². The number of alkyl carbamates (subject to hydrolysis) is 1. The average Bonchev–Trinajstić information content (AvgIpc) is 2.45. The molecule has 1 aromatic heterocycles. The van der Waals surface area contributed by atoms with Gasteiger partial charge in [-0.2, -0.15) is 0 Å². The smallest absolute Gasteiger partial charge is 0.408 e. The van der Waals surface area contributed by atoms with Crippen LogP contribution in [0.25, 0.3) is 0 Å². The molecule has 1 fully saturated rings. The van der Waals surface area contributed by atoms with E-state index in [0.29, 0.717) is 31.6 Å². The van der Waals surface area contributed by atoms with Crippen LogP contribution >= 0.6 is 0 Å². The molecule has 7 nitrogen and oxygen atoms in total. The fraction of sp³-hybridized carbons (Fsp3) is 0.611. The minimum absolute atomic E-state index is 0.0642. The lowest BCUT2D eigenvalue weighted by Gasteiger charge is -2.41. The van der Waals surface area contributed by atoms with Gasteiger partial charge in [0, 0.05) is 24.8 Å². The minimum Gasteiger partial charge on any atom is -0.476 e. The molecule has 2 heterocycles. The number of rotatable bonds is 3. The lowest BCUT2D eigenvalue weighted by atomic mass is 9.89. The largest absolute Gasteiger partial charge is 0.476 e. The SMILES string of the molecule is Cc1cnc(C(=O)O)c(N2CCC(C)(NC(=O)OC(C)(C)C)CC2)c1. The van der Waals surface area contributed by atoms with Gasteiger partial charge in [0.2, 0.25) is 0 Å². The maximum Gasteiger partial charge on any atom is 0.408 e. The number of hydrogen-bond donors (Lipinski definition) is 2. The fourth-order valence-electron chi connectivity index (χ4n) is 2.88. The van der Waals surface area contributed by atoms with Crippen LogP contribution in [0.4, 0.5) is 10.5 Å². The van der Waals surface area contributed by atoms with Gasteiger partial charge in [0.15, 0.2) is 5.69 Å². The maximum absolute atomic E-state index is 12.0. The van der Waals surface area contributed by atoms with E-state index in [1.54, 1.807) is 6.20 Å². The first-order chi connectivity index (χ1) is 11.5. The van der Waals surface area contributed by atoms with E-state index in [-0.39, 0.29) is 11.2 Å². The van der Waals surface area contributed by atoms with E-state index in [0.717, 1.165) is 5.56 Å². The lowest BCUT2D eigenvalue weighted by molar-refractivity contribution is 0.0448. The van der Waals surface area contributed by atoms with E-state index < -0.39 is 17.7 Å². The number of pyridine rings is 1. The molecular formula is C18H27N3O4. The minimum atomic E-state index is -1.03. The Morgan fingerprint density at radius 3 is 2.44 bits per heavy atom. The zero-order chi connectivity index (χ0) is 18.8. The third kappa shape index (κ3) is 5.08. The summed E-state index contributed by atoms with van der Waals surface area (Å²) >= 11 is 0. The normalized spacial score (nSPS) is 17.1. The highest BCUT2D eigenvalue weighted by molar-refractivity contribution is 5.92. The molecular weight excluding hydrogens is 322 g/mol. The van der Waals surface area contributed by atoms with Crippen molar-refractivity contribution < 1.29 is 19.4 Å². The molecule has 0 atom stereocenters. The van der Waals surface area contributed by atoms with Crippen molar-refractivity contribution in [3.63, 3.8) is 0 Å². The number of aryl methyl sites for hydroxylation is 1. The lowest BCUT2D eigenvalue weighted by Crippen LogP contribution is -2.54. The van der Waals surface area contributed by atoms with Crippen LogP contribution in [0.3, 0.4) is 0 Å². The molecule has 0 unspecified atom stereocenters. The number of ether oxygens (including phenoxy) is 1. The van der Waals surface area contributed by atoms with Gasteiger partial charge in [-0.3, -0.25) is 0 Å². The number of aromatic nitrogens is 1. The van der Waals surface area contributed by atoms with E-state index in [1.807, 2.05) is 45.6 Å². The van der Waals surface area contributed by atoms with Gasteiger partial charge < -0.3 is 20.1 Å². The first kappa shape index (κ1) is 19.0. The number of carboxylic acid groups (broad SMARTS) is 1. The van der Waals surface area contributed by atoms with Crippen LogP contribution in [0, 0.1) is 6.92 Å². The van der Waals surface area contributed by atoms with Crippen molar-refractivity contribution in [3.05, 3.63) is 23.5 Å². The summed E-state index contributed by atoms with van der Waals surface area (Å²) in [5.74, 6) is -1.03. The number of aromatic carboxylic acids is 1. The van der Waals surface area contributed by atoms with Crippen LogP contribution in [0.15, 0.2) is 12.3 Å². The molecule has 0 aliphatic carbocycles. The van der Waals surface area contributed by atoms with Gasteiger partial charge >= 0.3 is 12.1 Å². The predicted octanol–water partition coefficient (Wildman–Crippen LogP) is 2.97. The molecule has 1 aliphatic rings. The van der Waals surface area contributed by atoms with Gasteiger partial charge in [0.25, 0.3) is 0 Å². The second kappa shape index (κ2) is 6.90. The molecule has 138 valence electrons. The second-order valence-corrected chi connectivity index (χ2v) is 7.86. The molecule has 0 bridgehead atoms. The first-order valence-corrected chi connectivity index (χ1v) is 8.45. The van der Waals surface area contributed by atoms with Gasteiger partial charge in [-0.05, 0) is 59.1 Å². The third-order valence-corrected chi connectivity index (χ3v) is 4.22. The highest BCUT2D eigenvalue weighted by atomic mass is 16.6. The van der Waals surface area contributed by atoms with Crippen molar-refractivity contribution in [1.29, 1.82) is 0 Å². The van der Waals surface area contributed by atoms with Gasteiger partial charge in [0.05, 0.1) is 5.69 Å². The summed E-state index contributed by atoms with van der Waals surface area (Å²) in [7, 11) is 0. The summed E-state index contributed by atoms with van der Waals surface area (Å²) in [6.07, 6.45) is 2.52. The van der Waals surface area contributed by atoms with E-state index in [9.17, 15) is 14.7 Å². The van der Waals surface area contributed by atoms with Gasteiger partial charge in [-0.1, -0.05) is 0 Å². The van der Waals surface area contributed by atoms with E-state index in [2.05, 4.69) is 10.3 Å². The van der Waals surface area contributed by atoms with E-state index in [1.165, 1.54) is 0 Å². The molecule has 1 aliphatic heterocycles. The first-order valence-electron chi connectivity index (χ1n) is 8.45. The molecule has 1 saturated heterocycles. The molecule has 2 rings (SSSR count). The number of amides is 1. The Morgan fingerprint density at radius 2 is 1.92 bits per heavy atom. The number of nitrogens with one attached hydrogen (secondary N) is 1. The van der Waals surface area contributed by atoms with Crippen LogP contribution < -0.4 is 10.2 Å². The molecule has 1 aromatic rings. The molecule has 0 radical (unpaired) electrons. The van der Waals surface area contributed by atoms with Gasteiger partial charge in [-0.25, -0.2) is 14.6 Å². The summed E-state index contributed by atoms with van der Waals surface area (Å²) < 4.78 is 5.33. The Kier molecular flexibility index (Phi) is 5.25. The van der Waals surface area contributed by atoms with Crippen molar-refractivity contribution in [2.24, 2.45) is 0 Å². The highest BCUT2D eigenvalue weighted by Crippen LogP contribution is 2.28. The van der Waals surface area contributed by atoms with Crippen LogP contribution in [0.5, 0.6) is 0 Å². The molecule has 2 N–H and O–H groups in total. The van der Waals surface area contributed by atoms with Crippen molar-refractivity contribution in [1.82, 2.24) is 10.3 Å². The summed E-state index contributed by atoms with van der Waals surface area (Å²) in [4.78, 5) is 29.5. The van der Waals surface area contributed by atoms with Crippen molar-refractivity contribution >= 4 is 17.7 Å². The summed E-state index contributed by atoms with van der Waals surface area (Å²) in [5.41, 5.74) is 0.700. The molecule has 0 aromatic carbocycles. The number of anilines is 1. The van der Waals surface area contributed by atoms with Crippen LogP contribution in [-0.2, 0) is 4.74 Å². The molecule has 25 heavy (non-hydrogen) atoms. The monoisotopic (exact) mass is 349 g/mol. The Hall–Kier alpha value is -2.31. The number of hydrogen-bond acceptors (Lipinski definition) is 5. The highest BCUT2D eigenvalue weighted by Gasteiger charge is 2.34. The molecule has 7 heteroatoms. The summed E-state index contributed by atoms with van der Waals surface area (Å²) in [6, 6.07) is 1.85. The molecule has 0 saturated carbocycles. The summed E-state index contributed by atoms with van der Waals surface area (Å²) in [6.45, 7) is 10.6. The standard InChI is InChI=1S/C18H27N3O4/c1-12-10-13(14(15(22)23)19-11-12)21-8-6-18(5,7-9-21)20-16(24)25-17(2,3)4/h10-11H,6-9H2,1-5H3,(H,20,24)(H,22,23). The average molecular weight is 349 g/mol. The topological polar surface area (TPSA) is 91.8 Å². The van der Waals surface area contributed by atoms with Crippen LogP contribution in [0.2, 0.25) is 0 Å². The van der Waals surface area contributed by atoms with Gasteiger partial charge in [-0.15, -0.1) is 0 Å². The number of carboxylic acids is 1. The predicted molar refractivity (Wildman–Crippen MR) is 95.2 cm³/mol. The zero-order valence-corrected chi connectivity index (χ0v) is 15.5. The quantitative estimate of drug-likeness (QED) is 0.872. The Balaban J connectivity index is 2.05. The second-order valence-electron chi connectivity index (χ2n) is 7.86. The molecule has 0 spiro atoms. The molecule has 1 amide bonds. The zero-order valence-electron chi connectivity index (χ0n) is 15.5. The van der Waals surface area contributed by atoms with Crippen molar-refractivity contribution in [3.8, 4) is 0 Å². The Bertz CT molecular complexity index is 659.